The Kier molecular flexibility index (Phi) is 9.64. The Hall–Kier alpha value is -1.28. The van der Waals surface area contributed by atoms with Crippen LogP contribution in [-0.4, -0.2) is 12.5 Å². The van der Waals surface area contributed by atoms with E-state index in [1.165, 1.54) is 38.5 Å². The fourth-order valence-electron chi connectivity index (χ4n) is 2.13. The van der Waals surface area contributed by atoms with Crippen LogP contribution in [0.25, 0.3) is 6.08 Å². The van der Waals surface area contributed by atoms with Gasteiger partial charge in [-0.3, -0.25) is 4.79 Å². The lowest BCUT2D eigenvalue weighted by Gasteiger charge is -2.03. The van der Waals surface area contributed by atoms with Gasteiger partial charge in [-0.1, -0.05) is 75.2 Å². The molecule has 0 aliphatic heterocycles. The highest BCUT2D eigenvalue weighted by atomic mass is 35.5. The molecule has 0 fully saturated rings. The summed E-state index contributed by atoms with van der Waals surface area (Å²) >= 11 is 6.02. The molecule has 1 aromatic rings. The minimum absolute atomic E-state index is 0.0547. The summed E-state index contributed by atoms with van der Waals surface area (Å²) in [5, 5.41) is 3.57. The van der Waals surface area contributed by atoms with E-state index in [0.29, 0.717) is 5.02 Å². The highest BCUT2D eigenvalue weighted by Crippen LogP contribution is 2.16. The van der Waals surface area contributed by atoms with Crippen LogP contribution in [0.3, 0.4) is 0 Å². The van der Waals surface area contributed by atoms with Crippen molar-refractivity contribution in [2.75, 3.05) is 6.54 Å². The van der Waals surface area contributed by atoms with E-state index in [1.807, 2.05) is 24.3 Å². The van der Waals surface area contributed by atoms with Gasteiger partial charge in [0, 0.05) is 17.6 Å². The van der Waals surface area contributed by atoms with Crippen LogP contribution in [0.5, 0.6) is 0 Å². The fourth-order valence-corrected chi connectivity index (χ4v) is 2.33. The van der Waals surface area contributed by atoms with Crippen molar-refractivity contribution in [2.45, 2.75) is 51.9 Å². The summed E-state index contributed by atoms with van der Waals surface area (Å²) in [6.07, 6.45) is 12.1. The van der Waals surface area contributed by atoms with E-state index in [2.05, 4.69) is 12.2 Å². The van der Waals surface area contributed by atoms with E-state index >= 15 is 0 Å². The van der Waals surface area contributed by atoms with Gasteiger partial charge >= 0.3 is 0 Å². The van der Waals surface area contributed by atoms with E-state index in [1.54, 1.807) is 12.2 Å². The zero-order valence-electron chi connectivity index (χ0n) is 12.9. The number of unbranched alkanes of at least 4 members (excludes halogenated alkanes) is 6. The molecule has 0 aliphatic rings. The van der Waals surface area contributed by atoms with Gasteiger partial charge in [-0.25, -0.2) is 0 Å². The van der Waals surface area contributed by atoms with Crippen molar-refractivity contribution in [3.63, 3.8) is 0 Å². The molecule has 0 radical (unpaired) electrons. The van der Waals surface area contributed by atoms with Gasteiger partial charge in [-0.15, -0.1) is 0 Å². The summed E-state index contributed by atoms with van der Waals surface area (Å²) in [7, 11) is 0. The van der Waals surface area contributed by atoms with Crippen LogP contribution in [-0.2, 0) is 4.79 Å². The number of hydrogen-bond donors (Lipinski definition) is 1. The van der Waals surface area contributed by atoms with E-state index < -0.39 is 0 Å². The van der Waals surface area contributed by atoms with Gasteiger partial charge in [0.1, 0.15) is 0 Å². The maximum atomic E-state index is 11.7. The lowest BCUT2D eigenvalue weighted by Crippen LogP contribution is -2.21. The smallest absolute Gasteiger partial charge is 0.243 e. The Labute approximate surface area is 133 Å². The van der Waals surface area contributed by atoms with Gasteiger partial charge in [-0.05, 0) is 24.1 Å². The number of halogens is 1. The molecule has 0 bridgehead atoms. The summed E-state index contributed by atoms with van der Waals surface area (Å²) in [6, 6.07) is 7.49. The first-order valence-corrected chi connectivity index (χ1v) is 8.32. The van der Waals surface area contributed by atoms with Crippen molar-refractivity contribution in [3.05, 3.63) is 40.9 Å². The van der Waals surface area contributed by atoms with Crippen molar-refractivity contribution < 1.29 is 4.79 Å². The Morgan fingerprint density at radius 3 is 2.48 bits per heavy atom. The van der Waals surface area contributed by atoms with E-state index in [-0.39, 0.29) is 5.91 Å². The van der Waals surface area contributed by atoms with Crippen LogP contribution in [0.4, 0.5) is 0 Å². The SMILES string of the molecule is CCCCCCCCCNC(=O)C=Cc1ccccc1Cl. The molecule has 0 spiro atoms. The van der Waals surface area contributed by atoms with Crippen molar-refractivity contribution >= 4 is 23.6 Å². The molecule has 1 rings (SSSR count). The number of amides is 1. The first-order valence-electron chi connectivity index (χ1n) is 7.94. The number of hydrogen-bond acceptors (Lipinski definition) is 1. The van der Waals surface area contributed by atoms with Crippen LogP contribution in [0.15, 0.2) is 30.3 Å². The maximum absolute atomic E-state index is 11.7. The Morgan fingerprint density at radius 1 is 1.10 bits per heavy atom. The first kappa shape index (κ1) is 17.8. The zero-order chi connectivity index (χ0) is 15.3. The summed E-state index contributed by atoms with van der Waals surface area (Å²) in [6.45, 7) is 2.98. The molecule has 2 nitrogen and oxygen atoms in total. The Morgan fingerprint density at radius 2 is 1.76 bits per heavy atom. The second-order valence-corrected chi connectivity index (χ2v) is 5.67. The predicted octanol–water partition coefficient (Wildman–Crippen LogP) is 5.22. The standard InChI is InChI=1S/C18H26ClNO/c1-2-3-4-5-6-7-10-15-20-18(21)14-13-16-11-8-9-12-17(16)19/h8-9,11-14H,2-7,10,15H2,1H3,(H,20,21). The molecular formula is C18H26ClNO. The van der Waals surface area contributed by atoms with Crippen LogP contribution in [0.1, 0.15) is 57.4 Å². The molecule has 0 aromatic heterocycles. The van der Waals surface area contributed by atoms with Crippen molar-refractivity contribution in [3.8, 4) is 0 Å². The second kappa shape index (κ2) is 11.4. The summed E-state index contributed by atoms with van der Waals surface area (Å²) < 4.78 is 0. The normalized spacial score (nSPS) is 11.0. The largest absolute Gasteiger partial charge is 0.353 e. The minimum atomic E-state index is -0.0547. The summed E-state index contributed by atoms with van der Waals surface area (Å²) in [5.74, 6) is -0.0547. The summed E-state index contributed by atoms with van der Waals surface area (Å²) in [5.41, 5.74) is 0.866. The molecule has 3 heteroatoms. The molecule has 1 amide bonds. The molecule has 0 atom stereocenters. The minimum Gasteiger partial charge on any atom is -0.353 e. The third kappa shape index (κ3) is 8.56. The molecule has 0 aliphatic carbocycles. The van der Waals surface area contributed by atoms with Gasteiger partial charge in [-0.2, -0.15) is 0 Å². The lowest BCUT2D eigenvalue weighted by atomic mass is 10.1. The molecule has 0 saturated heterocycles. The third-order valence-corrected chi connectivity index (χ3v) is 3.74. The van der Waals surface area contributed by atoms with Gasteiger partial charge in [0.05, 0.1) is 0 Å². The number of nitrogens with one attached hydrogen (secondary N) is 1. The van der Waals surface area contributed by atoms with Crippen molar-refractivity contribution in [1.29, 1.82) is 0 Å². The molecular weight excluding hydrogens is 282 g/mol. The molecule has 0 unspecified atom stereocenters. The van der Waals surface area contributed by atoms with Crippen molar-refractivity contribution in [2.24, 2.45) is 0 Å². The van der Waals surface area contributed by atoms with E-state index in [0.717, 1.165) is 18.5 Å². The van der Waals surface area contributed by atoms with Crippen LogP contribution < -0.4 is 5.32 Å². The number of carbonyl (C=O) groups is 1. The van der Waals surface area contributed by atoms with Crippen LogP contribution in [0.2, 0.25) is 5.02 Å². The highest BCUT2D eigenvalue weighted by molar-refractivity contribution is 6.32. The Bertz CT molecular complexity index is 443. The summed E-state index contributed by atoms with van der Waals surface area (Å²) in [4.78, 5) is 11.7. The molecule has 1 N–H and O–H groups in total. The van der Waals surface area contributed by atoms with Gasteiger partial charge in [0.2, 0.25) is 5.91 Å². The average Bonchev–Trinajstić information content (AvgIpc) is 2.49. The number of rotatable bonds is 10. The number of benzene rings is 1. The maximum Gasteiger partial charge on any atom is 0.243 e. The topological polar surface area (TPSA) is 29.1 Å². The highest BCUT2D eigenvalue weighted by Gasteiger charge is 1.97. The zero-order valence-corrected chi connectivity index (χ0v) is 13.7. The molecule has 21 heavy (non-hydrogen) atoms. The molecule has 1 aromatic carbocycles. The lowest BCUT2D eigenvalue weighted by molar-refractivity contribution is -0.116. The average molecular weight is 308 g/mol. The third-order valence-electron chi connectivity index (χ3n) is 3.40. The quantitative estimate of drug-likeness (QED) is 0.466. The van der Waals surface area contributed by atoms with Crippen LogP contribution in [0, 0.1) is 0 Å². The van der Waals surface area contributed by atoms with Gasteiger partial charge in [0.25, 0.3) is 0 Å². The molecule has 116 valence electrons. The molecule has 0 saturated carbocycles. The predicted molar refractivity (Wildman–Crippen MR) is 91.5 cm³/mol. The second-order valence-electron chi connectivity index (χ2n) is 5.27. The van der Waals surface area contributed by atoms with E-state index in [4.69, 9.17) is 11.6 Å². The molecule has 0 heterocycles. The van der Waals surface area contributed by atoms with Gasteiger partial charge < -0.3 is 5.32 Å². The Balaban J connectivity index is 2.10. The van der Waals surface area contributed by atoms with Gasteiger partial charge in [0.15, 0.2) is 0 Å². The van der Waals surface area contributed by atoms with Crippen LogP contribution >= 0.6 is 11.6 Å². The number of carbonyl (C=O) groups excluding carboxylic acids is 1. The monoisotopic (exact) mass is 307 g/mol. The first-order chi connectivity index (χ1) is 10.2. The van der Waals surface area contributed by atoms with E-state index in [9.17, 15) is 4.79 Å². The van der Waals surface area contributed by atoms with Crippen molar-refractivity contribution in [1.82, 2.24) is 5.32 Å². The fraction of sp³-hybridized carbons (Fsp3) is 0.500.